The predicted molar refractivity (Wildman–Crippen MR) is 93.7 cm³/mol. The number of rotatable bonds is 7. The predicted octanol–water partition coefficient (Wildman–Crippen LogP) is 4.57. The molecule has 0 atom stereocenters. The lowest BCUT2D eigenvalue weighted by Gasteiger charge is -2.08. The minimum atomic E-state index is 0. The van der Waals surface area contributed by atoms with Gasteiger partial charge in [0, 0.05) is 6.54 Å². The van der Waals surface area contributed by atoms with Crippen LogP contribution in [0.2, 0.25) is 0 Å². The van der Waals surface area contributed by atoms with Gasteiger partial charge in [-0.05, 0) is 35.4 Å². The van der Waals surface area contributed by atoms with E-state index in [0.717, 1.165) is 24.6 Å². The van der Waals surface area contributed by atoms with Crippen LogP contribution in [0, 0.1) is 0 Å². The third-order valence-corrected chi connectivity index (χ3v) is 3.38. The highest BCUT2D eigenvalue weighted by Gasteiger charge is 1.98. The molecule has 0 saturated heterocycles. The van der Waals surface area contributed by atoms with E-state index in [1.165, 1.54) is 11.1 Å². The molecule has 0 radical (unpaired) electrons. The second-order valence-corrected chi connectivity index (χ2v) is 5.10. The molecule has 0 bridgehead atoms. The molecule has 3 nitrogen and oxygen atoms in total. The van der Waals surface area contributed by atoms with Crippen molar-refractivity contribution in [2.24, 2.45) is 0 Å². The van der Waals surface area contributed by atoms with Crippen LogP contribution in [0.4, 0.5) is 0 Å². The van der Waals surface area contributed by atoms with Crippen molar-refractivity contribution in [2.75, 3.05) is 0 Å². The van der Waals surface area contributed by atoms with Gasteiger partial charge in [0.2, 0.25) is 0 Å². The molecule has 0 spiro atoms. The highest BCUT2D eigenvalue weighted by molar-refractivity contribution is 5.85. The summed E-state index contributed by atoms with van der Waals surface area (Å²) in [5, 5.41) is 3.35. The molecule has 0 aliphatic heterocycles. The first-order valence-electron chi connectivity index (χ1n) is 7.39. The van der Waals surface area contributed by atoms with E-state index >= 15 is 0 Å². The van der Waals surface area contributed by atoms with Crippen LogP contribution in [0.25, 0.3) is 0 Å². The van der Waals surface area contributed by atoms with Gasteiger partial charge in [0.15, 0.2) is 0 Å². The minimum Gasteiger partial charge on any atom is -0.489 e. The van der Waals surface area contributed by atoms with Crippen molar-refractivity contribution >= 4 is 12.4 Å². The molecule has 4 heteroatoms. The molecule has 1 heterocycles. The first kappa shape index (κ1) is 17.1. The number of ether oxygens (including phenoxy) is 1. The number of halogens is 1. The SMILES string of the molecule is Cl.c1ccc(COc2ccc(CNCc3ccco3)cc2)cc1. The lowest BCUT2D eigenvalue weighted by Crippen LogP contribution is -2.11. The highest BCUT2D eigenvalue weighted by Crippen LogP contribution is 2.14. The molecule has 1 aromatic heterocycles. The Morgan fingerprint density at radius 2 is 1.57 bits per heavy atom. The molecule has 1 N–H and O–H groups in total. The average molecular weight is 330 g/mol. The van der Waals surface area contributed by atoms with Crippen LogP contribution in [0.3, 0.4) is 0 Å². The van der Waals surface area contributed by atoms with Gasteiger partial charge in [0.1, 0.15) is 18.1 Å². The Kier molecular flexibility index (Phi) is 6.73. The van der Waals surface area contributed by atoms with Gasteiger partial charge < -0.3 is 14.5 Å². The smallest absolute Gasteiger partial charge is 0.119 e. The Hall–Kier alpha value is -2.23. The average Bonchev–Trinajstić information content (AvgIpc) is 3.08. The lowest BCUT2D eigenvalue weighted by molar-refractivity contribution is 0.306. The zero-order valence-corrected chi connectivity index (χ0v) is 13.6. The van der Waals surface area contributed by atoms with Crippen molar-refractivity contribution < 1.29 is 9.15 Å². The van der Waals surface area contributed by atoms with E-state index in [9.17, 15) is 0 Å². The van der Waals surface area contributed by atoms with Crippen LogP contribution in [0.5, 0.6) is 5.75 Å². The second-order valence-electron chi connectivity index (χ2n) is 5.10. The fourth-order valence-corrected chi connectivity index (χ4v) is 2.19. The van der Waals surface area contributed by atoms with Crippen molar-refractivity contribution in [3.63, 3.8) is 0 Å². The summed E-state index contributed by atoms with van der Waals surface area (Å²) in [7, 11) is 0. The molecule has 2 aromatic carbocycles. The summed E-state index contributed by atoms with van der Waals surface area (Å²) in [5.74, 6) is 1.83. The molecule has 120 valence electrons. The number of furan rings is 1. The highest BCUT2D eigenvalue weighted by atomic mass is 35.5. The Morgan fingerprint density at radius 3 is 2.26 bits per heavy atom. The van der Waals surface area contributed by atoms with Gasteiger partial charge in [-0.1, -0.05) is 42.5 Å². The molecule has 0 aliphatic rings. The van der Waals surface area contributed by atoms with Crippen molar-refractivity contribution in [1.29, 1.82) is 0 Å². The monoisotopic (exact) mass is 329 g/mol. The number of benzene rings is 2. The van der Waals surface area contributed by atoms with Crippen LogP contribution >= 0.6 is 12.4 Å². The van der Waals surface area contributed by atoms with Gasteiger partial charge in [-0.25, -0.2) is 0 Å². The molecule has 0 unspecified atom stereocenters. The third-order valence-electron chi connectivity index (χ3n) is 3.38. The first-order chi connectivity index (χ1) is 10.9. The molecule has 0 saturated carbocycles. The van der Waals surface area contributed by atoms with E-state index < -0.39 is 0 Å². The van der Waals surface area contributed by atoms with E-state index in [1.54, 1.807) is 6.26 Å². The molecule has 3 rings (SSSR count). The number of hydrogen-bond acceptors (Lipinski definition) is 3. The topological polar surface area (TPSA) is 34.4 Å². The molecule has 23 heavy (non-hydrogen) atoms. The van der Waals surface area contributed by atoms with Crippen LogP contribution in [-0.2, 0) is 19.7 Å². The summed E-state index contributed by atoms with van der Waals surface area (Å²) in [4.78, 5) is 0. The zero-order chi connectivity index (χ0) is 15.0. The van der Waals surface area contributed by atoms with Gasteiger partial charge in [-0.2, -0.15) is 0 Å². The summed E-state index contributed by atoms with van der Waals surface area (Å²) in [6.07, 6.45) is 1.69. The van der Waals surface area contributed by atoms with E-state index in [-0.39, 0.29) is 12.4 Å². The van der Waals surface area contributed by atoms with E-state index in [2.05, 4.69) is 29.6 Å². The largest absolute Gasteiger partial charge is 0.489 e. The summed E-state index contributed by atoms with van der Waals surface area (Å²) in [6, 6.07) is 22.2. The molecule has 0 fully saturated rings. The Morgan fingerprint density at radius 1 is 0.783 bits per heavy atom. The molecular formula is C19H20ClNO2. The molecule has 0 aliphatic carbocycles. The van der Waals surface area contributed by atoms with Gasteiger partial charge in [0.25, 0.3) is 0 Å². The van der Waals surface area contributed by atoms with Crippen molar-refractivity contribution in [2.45, 2.75) is 19.7 Å². The maximum absolute atomic E-state index is 5.78. The third kappa shape index (κ3) is 5.47. The second kappa shape index (κ2) is 9.03. The summed E-state index contributed by atoms with van der Waals surface area (Å²) in [6.45, 7) is 2.13. The summed E-state index contributed by atoms with van der Waals surface area (Å²) < 4.78 is 11.1. The zero-order valence-electron chi connectivity index (χ0n) is 12.8. The van der Waals surface area contributed by atoms with Gasteiger partial charge in [0.05, 0.1) is 12.8 Å². The Labute approximate surface area is 142 Å². The number of nitrogens with one attached hydrogen (secondary N) is 1. The maximum atomic E-state index is 5.78. The standard InChI is InChI=1S/C19H19NO2.ClH/c1-2-5-17(6-3-1)15-22-18-10-8-16(9-11-18)13-20-14-19-7-4-12-21-19;/h1-12,20H,13-15H2;1H. The molecular weight excluding hydrogens is 310 g/mol. The van der Waals surface area contributed by atoms with Gasteiger partial charge in [-0.3, -0.25) is 0 Å². The van der Waals surface area contributed by atoms with Crippen molar-refractivity contribution in [3.8, 4) is 5.75 Å². The van der Waals surface area contributed by atoms with E-state index in [1.807, 2.05) is 42.5 Å². The summed E-state index contributed by atoms with van der Waals surface area (Å²) >= 11 is 0. The summed E-state index contributed by atoms with van der Waals surface area (Å²) in [5.41, 5.74) is 2.39. The number of hydrogen-bond donors (Lipinski definition) is 1. The fourth-order valence-electron chi connectivity index (χ4n) is 2.19. The van der Waals surface area contributed by atoms with Crippen LogP contribution in [0.1, 0.15) is 16.9 Å². The minimum absolute atomic E-state index is 0. The van der Waals surface area contributed by atoms with Crippen LogP contribution < -0.4 is 10.1 Å². The maximum Gasteiger partial charge on any atom is 0.119 e. The lowest BCUT2D eigenvalue weighted by atomic mass is 10.2. The van der Waals surface area contributed by atoms with Crippen LogP contribution in [-0.4, -0.2) is 0 Å². The Balaban J connectivity index is 0.00000192. The van der Waals surface area contributed by atoms with Crippen molar-refractivity contribution in [3.05, 3.63) is 89.9 Å². The fraction of sp³-hybridized carbons (Fsp3) is 0.158. The van der Waals surface area contributed by atoms with Crippen LogP contribution in [0.15, 0.2) is 77.4 Å². The first-order valence-corrected chi connectivity index (χ1v) is 7.39. The molecule has 3 aromatic rings. The van der Waals surface area contributed by atoms with Crippen molar-refractivity contribution in [1.82, 2.24) is 5.32 Å². The Bertz CT molecular complexity index is 666. The van der Waals surface area contributed by atoms with Gasteiger partial charge >= 0.3 is 0 Å². The van der Waals surface area contributed by atoms with Gasteiger partial charge in [-0.15, -0.1) is 12.4 Å². The molecule has 0 amide bonds. The van der Waals surface area contributed by atoms with E-state index in [4.69, 9.17) is 9.15 Å². The quantitative estimate of drug-likeness (QED) is 0.689. The van der Waals surface area contributed by atoms with E-state index in [0.29, 0.717) is 6.61 Å². The normalized spacial score (nSPS) is 10.1.